The van der Waals surface area contributed by atoms with E-state index in [1.165, 1.54) is 16.8 Å². The van der Waals surface area contributed by atoms with Crippen molar-refractivity contribution in [3.05, 3.63) is 73.1 Å². The largest absolute Gasteiger partial charge is 0.497 e. The molecule has 0 spiro atoms. The first-order valence-corrected chi connectivity index (χ1v) is 8.55. The van der Waals surface area contributed by atoms with Crippen LogP contribution in [0.3, 0.4) is 0 Å². The second kappa shape index (κ2) is 6.56. The van der Waals surface area contributed by atoms with E-state index >= 15 is 0 Å². The fourth-order valence-corrected chi connectivity index (χ4v) is 3.09. The molecule has 1 heterocycles. The van der Waals surface area contributed by atoms with Crippen LogP contribution >= 0.6 is 0 Å². The molecule has 4 rings (SSSR count). The average Bonchev–Trinajstić information content (AvgIpc) is 3.11. The van der Waals surface area contributed by atoms with E-state index in [2.05, 4.69) is 71.0 Å². The molecule has 0 saturated carbocycles. The third-order valence-corrected chi connectivity index (χ3v) is 4.61. The summed E-state index contributed by atoms with van der Waals surface area (Å²) >= 11 is 0. The Labute approximate surface area is 153 Å². The molecule has 0 saturated heterocycles. The summed E-state index contributed by atoms with van der Waals surface area (Å²) in [5, 5.41) is 0. The van der Waals surface area contributed by atoms with Crippen molar-refractivity contribution in [3.63, 3.8) is 0 Å². The van der Waals surface area contributed by atoms with Crippen LogP contribution in [-0.4, -0.2) is 30.8 Å². The van der Waals surface area contributed by atoms with Crippen molar-refractivity contribution < 1.29 is 4.74 Å². The lowest BCUT2D eigenvalue weighted by Gasteiger charge is -2.13. The molecule has 0 fully saturated rings. The van der Waals surface area contributed by atoms with Gasteiger partial charge in [0.1, 0.15) is 12.1 Å². The normalized spacial score (nSPS) is 10.9. The van der Waals surface area contributed by atoms with Gasteiger partial charge in [-0.15, -0.1) is 0 Å². The number of rotatable bonds is 4. The van der Waals surface area contributed by atoms with Crippen LogP contribution in [0.25, 0.3) is 27.8 Å². The summed E-state index contributed by atoms with van der Waals surface area (Å²) in [6, 6.07) is 23.0. The number of nitrogens with zero attached hydrogens (tertiary/aromatic N) is 3. The number of ether oxygens (including phenoxy) is 1. The van der Waals surface area contributed by atoms with Crippen LogP contribution in [0.1, 0.15) is 0 Å². The number of benzene rings is 3. The fourth-order valence-electron chi connectivity index (χ4n) is 3.09. The molecule has 0 amide bonds. The minimum absolute atomic E-state index is 0.847. The van der Waals surface area contributed by atoms with Crippen LogP contribution in [0.15, 0.2) is 73.1 Å². The van der Waals surface area contributed by atoms with Crippen LogP contribution < -0.4 is 9.64 Å². The predicted molar refractivity (Wildman–Crippen MR) is 107 cm³/mol. The number of imidazole rings is 1. The number of methoxy groups -OCH3 is 1. The van der Waals surface area contributed by atoms with E-state index in [1.54, 1.807) is 7.11 Å². The van der Waals surface area contributed by atoms with Gasteiger partial charge in [-0.2, -0.15) is 0 Å². The van der Waals surface area contributed by atoms with E-state index in [1.807, 2.05) is 30.6 Å². The molecule has 4 nitrogen and oxygen atoms in total. The van der Waals surface area contributed by atoms with Crippen LogP contribution in [0, 0.1) is 0 Å². The molecular formula is C22H21N3O. The number of fused-ring (bicyclic) bond motifs is 1. The highest BCUT2D eigenvalue weighted by molar-refractivity contribution is 5.83. The first kappa shape index (κ1) is 16.2. The summed E-state index contributed by atoms with van der Waals surface area (Å²) in [5.74, 6) is 0.847. The van der Waals surface area contributed by atoms with Gasteiger partial charge < -0.3 is 9.64 Å². The Kier molecular flexibility index (Phi) is 4.09. The fraction of sp³-hybridized carbons (Fsp3) is 0.136. The molecule has 0 atom stereocenters. The molecule has 0 aliphatic heterocycles. The SMILES string of the molecule is COc1ccc(-n2cnc3ccc(-c4ccc(N(C)C)cc4)cc32)cc1. The van der Waals surface area contributed by atoms with E-state index in [0.717, 1.165) is 22.5 Å². The van der Waals surface area contributed by atoms with Gasteiger partial charge in [0.15, 0.2) is 0 Å². The second-order valence-corrected chi connectivity index (χ2v) is 6.46. The summed E-state index contributed by atoms with van der Waals surface area (Å²) in [5.41, 5.74) is 6.70. The summed E-state index contributed by atoms with van der Waals surface area (Å²) < 4.78 is 7.35. The molecule has 0 aliphatic rings. The highest BCUT2D eigenvalue weighted by Crippen LogP contribution is 2.27. The lowest BCUT2D eigenvalue weighted by molar-refractivity contribution is 0.415. The van der Waals surface area contributed by atoms with Crippen molar-refractivity contribution >= 4 is 16.7 Å². The Hall–Kier alpha value is -3.27. The molecule has 0 aliphatic carbocycles. The minimum Gasteiger partial charge on any atom is -0.497 e. The number of hydrogen-bond acceptors (Lipinski definition) is 3. The smallest absolute Gasteiger partial charge is 0.119 e. The zero-order valence-corrected chi connectivity index (χ0v) is 15.2. The molecule has 4 aromatic rings. The van der Waals surface area contributed by atoms with Crippen molar-refractivity contribution in [1.82, 2.24) is 9.55 Å². The summed E-state index contributed by atoms with van der Waals surface area (Å²) in [4.78, 5) is 6.64. The van der Waals surface area contributed by atoms with Crippen LogP contribution in [0.2, 0.25) is 0 Å². The monoisotopic (exact) mass is 343 g/mol. The molecule has 3 aromatic carbocycles. The highest BCUT2D eigenvalue weighted by atomic mass is 16.5. The van der Waals surface area contributed by atoms with Crippen molar-refractivity contribution in [2.75, 3.05) is 26.1 Å². The molecule has 26 heavy (non-hydrogen) atoms. The first-order chi connectivity index (χ1) is 12.7. The first-order valence-electron chi connectivity index (χ1n) is 8.55. The Bertz CT molecular complexity index is 1030. The summed E-state index contributed by atoms with van der Waals surface area (Å²) in [6.45, 7) is 0. The van der Waals surface area contributed by atoms with E-state index in [0.29, 0.717) is 0 Å². The van der Waals surface area contributed by atoms with Gasteiger partial charge >= 0.3 is 0 Å². The zero-order chi connectivity index (χ0) is 18.1. The standard InChI is InChI=1S/C22H21N3O/c1-24(2)18-7-4-16(5-8-18)17-6-13-21-22(14-17)25(15-23-21)19-9-11-20(26-3)12-10-19/h4-15H,1-3H3. The van der Waals surface area contributed by atoms with Gasteiger partial charge in [0.2, 0.25) is 0 Å². The van der Waals surface area contributed by atoms with Gasteiger partial charge in [0.25, 0.3) is 0 Å². The van der Waals surface area contributed by atoms with Gasteiger partial charge in [-0.05, 0) is 59.7 Å². The van der Waals surface area contributed by atoms with Gasteiger partial charge in [0, 0.05) is 25.5 Å². The van der Waals surface area contributed by atoms with E-state index in [-0.39, 0.29) is 0 Å². The lowest BCUT2D eigenvalue weighted by Crippen LogP contribution is -2.07. The molecule has 0 bridgehead atoms. The summed E-state index contributed by atoms with van der Waals surface area (Å²) in [6.07, 6.45) is 1.87. The molecule has 4 heteroatoms. The van der Waals surface area contributed by atoms with Crippen molar-refractivity contribution in [1.29, 1.82) is 0 Å². The van der Waals surface area contributed by atoms with Gasteiger partial charge in [-0.25, -0.2) is 4.98 Å². The van der Waals surface area contributed by atoms with Crippen LogP contribution in [0.5, 0.6) is 5.75 Å². The summed E-state index contributed by atoms with van der Waals surface area (Å²) in [7, 11) is 5.78. The minimum atomic E-state index is 0.847. The quantitative estimate of drug-likeness (QED) is 0.535. The maximum atomic E-state index is 5.25. The second-order valence-electron chi connectivity index (χ2n) is 6.46. The van der Waals surface area contributed by atoms with Gasteiger partial charge in [0.05, 0.1) is 18.1 Å². The Balaban J connectivity index is 1.76. The van der Waals surface area contributed by atoms with Gasteiger partial charge in [-0.3, -0.25) is 4.57 Å². The van der Waals surface area contributed by atoms with E-state index < -0.39 is 0 Å². The molecule has 1 aromatic heterocycles. The third kappa shape index (κ3) is 2.90. The van der Waals surface area contributed by atoms with Gasteiger partial charge in [-0.1, -0.05) is 18.2 Å². The number of hydrogen-bond donors (Lipinski definition) is 0. The Morgan fingerprint density at radius 2 is 1.54 bits per heavy atom. The van der Waals surface area contributed by atoms with E-state index in [9.17, 15) is 0 Å². The van der Waals surface area contributed by atoms with Crippen molar-refractivity contribution in [2.45, 2.75) is 0 Å². The van der Waals surface area contributed by atoms with Crippen LogP contribution in [-0.2, 0) is 0 Å². The maximum Gasteiger partial charge on any atom is 0.119 e. The molecule has 0 unspecified atom stereocenters. The lowest BCUT2D eigenvalue weighted by atomic mass is 10.0. The molecule has 0 radical (unpaired) electrons. The van der Waals surface area contributed by atoms with E-state index in [4.69, 9.17) is 4.74 Å². The third-order valence-electron chi connectivity index (χ3n) is 4.61. The molecule has 130 valence electrons. The zero-order valence-electron chi connectivity index (χ0n) is 15.2. The Morgan fingerprint density at radius 3 is 2.19 bits per heavy atom. The highest BCUT2D eigenvalue weighted by Gasteiger charge is 2.07. The molecular weight excluding hydrogens is 322 g/mol. The van der Waals surface area contributed by atoms with Crippen molar-refractivity contribution in [2.24, 2.45) is 0 Å². The number of anilines is 1. The number of aromatic nitrogens is 2. The topological polar surface area (TPSA) is 30.3 Å². The van der Waals surface area contributed by atoms with Crippen molar-refractivity contribution in [3.8, 4) is 22.6 Å². The Morgan fingerprint density at radius 1 is 0.846 bits per heavy atom. The average molecular weight is 343 g/mol. The van der Waals surface area contributed by atoms with Crippen LogP contribution in [0.4, 0.5) is 5.69 Å². The predicted octanol–water partition coefficient (Wildman–Crippen LogP) is 4.77. The maximum absolute atomic E-state index is 5.25. The molecule has 0 N–H and O–H groups in total.